The summed E-state index contributed by atoms with van der Waals surface area (Å²) < 4.78 is 27.5. The molecule has 1 aliphatic rings. The third-order valence-corrected chi connectivity index (χ3v) is 6.80. The topological polar surface area (TPSA) is 57.7 Å². The maximum atomic E-state index is 13.2. The highest BCUT2D eigenvalue weighted by Crippen LogP contribution is 2.22. The first-order valence-corrected chi connectivity index (χ1v) is 10.8. The average molecular weight is 427 g/mol. The number of sulfonamides is 1. The van der Waals surface area contributed by atoms with Gasteiger partial charge in [-0.2, -0.15) is 4.31 Å². The number of carbonyl (C=O) groups excluding carboxylic acids is 1. The van der Waals surface area contributed by atoms with E-state index >= 15 is 0 Å². The van der Waals surface area contributed by atoms with E-state index in [-0.39, 0.29) is 23.9 Å². The monoisotopic (exact) mass is 426 g/mol. The Morgan fingerprint density at radius 3 is 2.00 bits per heavy atom. The Labute approximate surface area is 169 Å². The lowest BCUT2D eigenvalue weighted by molar-refractivity contribution is -0.130. The van der Waals surface area contributed by atoms with Crippen molar-refractivity contribution in [1.82, 2.24) is 9.21 Å². The summed E-state index contributed by atoms with van der Waals surface area (Å²) in [6, 6.07) is 12.9. The molecule has 1 aliphatic heterocycles. The lowest BCUT2D eigenvalue weighted by atomic mass is 10.2. The van der Waals surface area contributed by atoms with Crippen molar-refractivity contribution >= 4 is 39.1 Å². The molecule has 1 heterocycles. The third kappa shape index (κ3) is 5.02. The Morgan fingerprint density at radius 1 is 0.926 bits per heavy atom. The second-order valence-electron chi connectivity index (χ2n) is 6.44. The molecular weight excluding hydrogens is 407 g/mol. The smallest absolute Gasteiger partial charge is 0.243 e. The van der Waals surface area contributed by atoms with Crippen LogP contribution in [-0.4, -0.2) is 43.2 Å². The summed E-state index contributed by atoms with van der Waals surface area (Å²) in [4.78, 5) is 14.4. The average Bonchev–Trinajstić information content (AvgIpc) is 3.18. The van der Waals surface area contributed by atoms with Crippen LogP contribution in [0.5, 0.6) is 0 Å². The van der Waals surface area contributed by atoms with Gasteiger partial charge < -0.3 is 4.90 Å². The number of rotatable bonds is 6. The second kappa shape index (κ2) is 8.61. The predicted molar refractivity (Wildman–Crippen MR) is 106 cm³/mol. The van der Waals surface area contributed by atoms with E-state index in [4.69, 9.17) is 23.2 Å². The lowest BCUT2D eigenvalue weighted by Gasteiger charge is -2.24. The highest BCUT2D eigenvalue weighted by Gasteiger charge is 2.29. The summed E-state index contributed by atoms with van der Waals surface area (Å²) in [5.41, 5.74) is 0.756. The van der Waals surface area contributed by atoms with Gasteiger partial charge in [0, 0.05) is 29.7 Å². The highest BCUT2D eigenvalue weighted by atomic mass is 35.5. The van der Waals surface area contributed by atoms with Crippen molar-refractivity contribution < 1.29 is 13.2 Å². The molecule has 0 bridgehead atoms. The van der Waals surface area contributed by atoms with Crippen LogP contribution in [0, 0.1) is 0 Å². The van der Waals surface area contributed by atoms with Gasteiger partial charge in [-0.15, -0.1) is 0 Å². The molecule has 1 saturated heterocycles. The largest absolute Gasteiger partial charge is 0.342 e. The summed E-state index contributed by atoms with van der Waals surface area (Å²) in [5.74, 6) is -0.181. The van der Waals surface area contributed by atoms with Gasteiger partial charge in [-0.3, -0.25) is 4.79 Å². The van der Waals surface area contributed by atoms with Gasteiger partial charge in [0.25, 0.3) is 0 Å². The van der Waals surface area contributed by atoms with E-state index in [0.717, 1.165) is 18.4 Å². The summed E-state index contributed by atoms with van der Waals surface area (Å²) in [6.07, 6.45) is 1.90. The summed E-state index contributed by atoms with van der Waals surface area (Å²) >= 11 is 11.8. The summed E-state index contributed by atoms with van der Waals surface area (Å²) in [7, 11) is -3.86. The van der Waals surface area contributed by atoms with E-state index in [1.54, 1.807) is 29.2 Å². The number of nitrogens with zero attached hydrogens (tertiary/aromatic N) is 2. The van der Waals surface area contributed by atoms with Gasteiger partial charge in [-0.05, 0) is 54.8 Å². The molecule has 1 fully saturated rings. The van der Waals surface area contributed by atoms with Crippen molar-refractivity contribution in [3.63, 3.8) is 0 Å². The predicted octanol–water partition coefficient (Wildman–Crippen LogP) is 3.81. The zero-order chi connectivity index (χ0) is 19.4. The molecule has 144 valence electrons. The minimum Gasteiger partial charge on any atom is -0.342 e. The third-order valence-electron chi connectivity index (χ3n) is 4.49. The Bertz CT molecular complexity index is 894. The van der Waals surface area contributed by atoms with E-state index < -0.39 is 10.0 Å². The van der Waals surface area contributed by atoms with Gasteiger partial charge in [0.15, 0.2) is 0 Å². The maximum Gasteiger partial charge on any atom is 0.243 e. The molecule has 0 aromatic heterocycles. The van der Waals surface area contributed by atoms with Crippen LogP contribution in [0.25, 0.3) is 0 Å². The SMILES string of the molecule is O=C(CN(Cc1ccc(Cl)cc1)S(=O)(=O)c1ccc(Cl)cc1)N1CCCC1. The van der Waals surface area contributed by atoms with Crippen LogP contribution < -0.4 is 0 Å². The number of amides is 1. The molecule has 0 aliphatic carbocycles. The summed E-state index contributed by atoms with van der Waals surface area (Å²) in [5, 5.41) is 1.02. The van der Waals surface area contributed by atoms with Gasteiger partial charge in [0.2, 0.25) is 15.9 Å². The van der Waals surface area contributed by atoms with Crippen LogP contribution in [0.3, 0.4) is 0 Å². The molecule has 27 heavy (non-hydrogen) atoms. The Balaban J connectivity index is 1.88. The number of hydrogen-bond acceptors (Lipinski definition) is 3. The van der Waals surface area contributed by atoms with Crippen molar-refractivity contribution in [2.75, 3.05) is 19.6 Å². The number of hydrogen-bond donors (Lipinski definition) is 0. The van der Waals surface area contributed by atoms with E-state index in [2.05, 4.69) is 0 Å². The van der Waals surface area contributed by atoms with Crippen molar-refractivity contribution in [3.05, 3.63) is 64.1 Å². The molecule has 3 rings (SSSR count). The van der Waals surface area contributed by atoms with Crippen LogP contribution in [0.1, 0.15) is 18.4 Å². The molecule has 0 unspecified atom stereocenters. The van der Waals surface area contributed by atoms with Crippen LogP contribution in [-0.2, 0) is 21.4 Å². The molecule has 0 radical (unpaired) electrons. The van der Waals surface area contributed by atoms with Crippen LogP contribution >= 0.6 is 23.2 Å². The highest BCUT2D eigenvalue weighted by molar-refractivity contribution is 7.89. The Kier molecular flexibility index (Phi) is 6.42. The van der Waals surface area contributed by atoms with Crippen molar-refractivity contribution in [2.45, 2.75) is 24.3 Å². The van der Waals surface area contributed by atoms with Crippen molar-refractivity contribution in [1.29, 1.82) is 0 Å². The van der Waals surface area contributed by atoms with E-state index in [1.165, 1.54) is 28.6 Å². The zero-order valence-corrected chi connectivity index (χ0v) is 17.0. The molecule has 0 saturated carbocycles. The molecular formula is C19H20Cl2N2O3S. The summed E-state index contributed by atoms with van der Waals surface area (Å²) in [6.45, 7) is 1.23. The zero-order valence-electron chi connectivity index (χ0n) is 14.6. The molecule has 0 atom stereocenters. The normalized spacial score (nSPS) is 14.7. The fourth-order valence-corrected chi connectivity index (χ4v) is 4.62. The first-order valence-electron chi connectivity index (χ1n) is 8.64. The molecule has 2 aromatic rings. The Morgan fingerprint density at radius 2 is 1.44 bits per heavy atom. The van der Waals surface area contributed by atoms with Crippen LogP contribution in [0.4, 0.5) is 0 Å². The minimum absolute atomic E-state index is 0.0850. The van der Waals surface area contributed by atoms with E-state index in [9.17, 15) is 13.2 Å². The molecule has 0 N–H and O–H groups in total. The molecule has 0 spiro atoms. The standard InChI is InChI=1S/C19H20Cl2N2O3S/c20-16-5-3-15(4-6-16)13-23(14-19(24)22-11-1-2-12-22)27(25,26)18-9-7-17(21)8-10-18/h3-10H,1-2,11-14H2. The first kappa shape index (κ1) is 20.1. The quantitative estimate of drug-likeness (QED) is 0.705. The molecule has 1 amide bonds. The van der Waals surface area contributed by atoms with E-state index in [0.29, 0.717) is 23.1 Å². The van der Waals surface area contributed by atoms with E-state index in [1.807, 2.05) is 0 Å². The molecule has 2 aromatic carbocycles. The van der Waals surface area contributed by atoms with Gasteiger partial charge >= 0.3 is 0 Å². The maximum absolute atomic E-state index is 13.2. The number of carbonyl (C=O) groups is 1. The van der Waals surface area contributed by atoms with Crippen LogP contribution in [0.2, 0.25) is 10.0 Å². The lowest BCUT2D eigenvalue weighted by Crippen LogP contribution is -2.41. The molecule has 5 nitrogen and oxygen atoms in total. The minimum atomic E-state index is -3.86. The van der Waals surface area contributed by atoms with Gasteiger partial charge in [-0.25, -0.2) is 8.42 Å². The van der Waals surface area contributed by atoms with Gasteiger partial charge in [0.05, 0.1) is 11.4 Å². The van der Waals surface area contributed by atoms with Gasteiger partial charge in [-0.1, -0.05) is 35.3 Å². The fraction of sp³-hybridized carbons (Fsp3) is 0.316. The van der Waals surface area contributed by atoms with Crippen molar-refractivity contribution in [2.24, 2.45) is 0 Å². The second-order valence-corrected chi connectivity index (χ2v) is 9.25. The molecule has 8 heteroatoms. The Hall–Kier alpha value is -1.60. The number of benzene rings is 2. The number of halogens is 2. The number of likely N-dealkylation sites (tertiary alicyclic amines) is 1. The fourth-order valence-electron chi connectivity index (χ4n) is 2.99. The first-order chi connectivity index (χ1) is 12.9. The van der Waals surface area contributed by atoms with Crippen molar-refractivity contribution in [3.8, 4) is 0 Å². The van der Waals surface area contributed by atoms with Crippen LogP contribution in [0.15, 0.2) is 53.4 Å². The van der Waals surface area contributed by atoms with Gasteiger partial charge in [0.1, 0.15) is 0 Å².